The van der Waals surface area contributed by atoms with E-state index in [2.05, 4.69) is 50.3 Å². The lowest BCUT2D eigenvalue weighted by Gasteiger charge is -2.38. The highest BCUT2D eigenvalue weighted by molar-refractivity contribution is 5.78. The van der Waals surface area contributed by atoms with E-state index < -0.39 is 0 Å². The summed E-state index contributed by atoms with van der Waals surface area (Å²) in [6, 6.07) is 10.8. The Morgan fingerprint density at radius 2 is 1.93 bits per heavy atom. The van der Waals surface area contributed by atoms with E-state index in [-0.39, 0.29) is 11.9 Å². The van der Waals surface area contributed by atoms with Crippen LogP contribution in [0.25, 0.3) is 0 Å². The van der Waals surface area contributed by atoms with Crippen molar-refractivity contribution in [2.45, 2.75) is 39.2 Å². The Hall–Kier alpha value is -2.18. The van der Waals surface area contributed by atoms with Crippen LogP contribution in [0.3, 0.4) is 0 Å². The molecule has 29 heavy (non-hydrogen) atoms. The van der Waals surface area contributed by atoms with Crippen LogP contribution in [0.2, 0.25) is 0 Å². The summed E-state index contributed by atoms with van der Waals surface area (Å²) in [4.78, 5) is 17.4. The normalized spacial score (nSPS) is 21.4. The average Bonchev–Trinajstić information content (AvgIpc) is 3.08. The quantitative estimate of drug-likeness (QED) is 0.844. The first kappa shape index (κ1) is 20.1. The topological polar surface area (TPSA) is 61.5 Å². The van der Waals surface area contributed by atoms with Crippen LogP contribution in [-0.4, -0.2) is 65.3 Å². The van der Waals surface area contributed by atoms with Crippen molar-refractivity contribution in [3.05, 3.63) is 52.8 Å². The molecule has 2 aliphatic heterocycles. The second kappa shape index (κ2) is 9.09. The molecule has 6 heteroatoms. The maximum absolute atomic E-state index is 13.0. The number of ether oxygens (including phenoxy) is 1. The van der Waals surface area contributed by atoms with E-state index in [9.17, 15) is 4.79 Å². The summed E-state index contributed by atoms with van der Waals surface area (Å²) in [6.45, 7) is 8.34. The number of hydrogen-bond acceptors (Lipinski definition) is 4. The van der Waals surface area contributed by atoms with Gasteiger partial charge in [0.15, 0.2) is 0 Å². The number of likely N-dealkylation sites (tertiary alicyclic amines) is 1. The number of amides is 1. The van der Waals surface area contributed by atoms with Gasteiger partial charge in [0.25, 0.3) is 0 Å². The lowest BCUT2D eigenvalue weighted by atomic mass is 9.90. The third kappa shape index (κ3) is 4.70. The van der Waals surface area contributed by atoms with Crippen LogP contribution in [0.5, 0.6) is 0 Å². The molecule has 0 spiro atoms. The number of aromatic amines is 1. The summed E-state index contributed by atoms with van der Waals surface area (Å²) in [5.41, 5.74) is 4.65. The summed E-state index contributed by atoms with van der Waals surface area (Å²) in [5, 5.41) is 7.40. The van der Waals surface area contributed by atoms with E-state index in [4.69, 9.17) is 4.74 Å². The van der Waals surface area contributed by atoms with Crippen molar-refractivity contribution in [1.82, 2.24) is 20.0 Å². The maximum atomic E-state index is 13.0. The van der Waals surface area contributed by atoms with E-state index in [1.54, 1.807) is 0 Å². The highest BCUT2D eigenvalue weighted by atomic mass is 16.5. The standard InChI is InChI=1S/C23H32N4O2/c1-17-23(18(2)25-24-17)21-16-29-13-12-27(21)15-22(28)26-10-8-20(9-11-26)14-19-6-4-3-5-7-19/h3-7,20-21H,8-16H2,1-2H3,(H,24,25). The molecular weight excluding hydrogens is 364 g/mol. The van der Waals surface area contributed by atoms with Gasteiger partial charge in [-0.15, -0.1) is 0 Å². The lowest BCUT2D eigenvalue weighted by molar-refractivity contribution is -0.136. The van der Waals surface area contributed by atoms with Gasteiger partial charge >= 0.3 is 0 Å². The smallest absolute Gasteiger partial charge is 0.236 e. The molecule has 1 unspecified atom stereocenters. The highest BCUT2D eigenvalue weighted by Crippen LogP contribution is 2.29. The van der Waals surface area contributed by atoms with Gasteiger partial charge < -0.3 is 9.64 Å². The molecule has 0 bridgehead atoms. The molecule has 3 heterocycles. The van der Waals surface area contributed by atoms with Crippen molar-refractivity contribution in [2.75, 3.05) is 39.4 Å². The number of hydrogen-bond donors (Lipinski definition) is 1. The van der Waals surface area contributed by atoms with Crippen molar-refractivity contribution >= 4 is 5.91 Å². The zero-order valence-corrected chi connectivity index (χ0v) is 17.6. The summed E-state index contributed by atoms with van der Waals surface area (Å²) >= 11 is 0. The summed E-state index contributed by atoms with van der Waals surface area (Å²) in [6.07, 6.45) is 3.30. The fourth-order valence-electron chi connectivity index (χ4n) is 4.75. The van der Waals surface area contributed by atoms with Crippen molar-refractivity contribution in [3.63, 3.8) is 0 Å². The van der Waals surface area contributed by atoms with Crippen LogP contribution >= 0.6 is 0 Å². The number of aromatic nitrogens is 2. The Kier molecular flexibility index (Phi) is 6.31. The summed E-state index contributed by atoms with van der Waals surface area (Å²) in [5.74, 6) is 0.919. The zero-order chi connectivity index (χ0) is 20.2. The van der Waals surface area contributed by atoms with Gasteiger partial charge in [-0.3, -0.25) is 14.8 Å². The van der Waals surface area contributed by atoms with Crippen LogP contribution < -0.4 is 0 Å². The fraction of sp³-hybridized carbons (Fsp3) is 0.565. The molecular formula is C23H32N4O2. The molecule has 1 N–H and O–H groups in total. The van der Waals surface area contributed by atoms with Gasteiger partial charge in [-0.05, 0) is 44.6 Å². The number of piperidine rings is 1. The molecule has 1 aromatic carbocycles. The van der Waals surface area contributed by atoms with Crippen LogP contribution in [0.4, 0.5) is 0 Å². The van der Waals surface area contributed by atoms with Gasteiger partial charge in [-0.2, -0.15) is 5.10 Å². The number of nitrogens with zero attached hydrogens (tertiary/aromatic N) is 3. The molecule has 2 fully saturated rings. The molecule has 1 amide bonds. The molecule has 0 aliphatic carbocycles. The van der Waals surface area contributed by atoms with Crippen LogP contribution in [0.1, 0.15) is 41.4 Å². The van der Waals surface area contributed by atoms with Gasteiger partial charge in [0.1, 0.15) is 0 Å². The Balaban J connectivity index is 1.33. The third-order valence-electron chi connectivity index (χ3n) is 6.43. The number of nitrogens with one attached hydrogen (secondary N) is 1. The largest absolute Gasteiger partial charge is 0.378 e. The maximum Gasteiger partial charge on any atom is 0.236 e. The van der Waals surface area contributed by atoms with E-state index in [1.165, 1.54) is 11.1 Å². The first-order valence-corrected chi connectivity index (χ1v) is 10.8. The molecule has 1 atom stereocenters. The first-order valence-electron chi connectivity index (χ1n) is 10.8. The molecule has 0 radical (unpaired) electrons. The molecule has 156 valence electrons. The Morgan fingerprint density at radius 3 is 2.62 bits per heavy atom. The van der Waals surface area contributed by atoms with E-state index in [0.717, 1.165) is 50.3 Å². The third-order valence-corrected chi connectivity index (χ3v) is 6.43. The van der Waals surface area contributed by atoms with Crippen LogP contribution in [-0.2, 0) is 16.0 Å². The Labute approximate surface area is 173 Å². The number of benzene rings is 1. The zero-order valence-electron chi connectivity index (χ0n) is 17.6. The molecule has 2 aromatic rings. The van der Waals surface area contributed by atoms with Gasteiger partial charge in [-0.25, -0.2) is 0 Å². The van der Waals surface area contributed by atoms with Crippen molar-refractivity contribution < 1.29 is 9.53 Å². The predicted molar refractivity (Wildman–Crippen MR) is 113 cm³/mol. The fourth-order valence-corrected chi connectivity index (χ4v) is 4.75. The van der Waals surface area contributed by atoms with Gasteiger partial charge in [0.2, 0.25) is 5.91 Å². The van der Waals surface area contributed by atoms with E-state index in [0.29, 0.717) is 25.7 Å². The van der Waals surface area contributed by atoms with Crippen LogP contribution in [0, 0.1) is 19.8 Å². The highest BCUT2D eigenvalue weighted by Gasteiger charge is 2.32. The minimum atomic E-state index is 0.0991. The van der Waals surface area contributed by atoms with Gasteiger partial charge in [-0.1, -0.05) is 30.3 Å². The van der Waals surface area contributed by atoms with Crippen molar-refractivity contribution in [1.29, 1.82) is 0 Å². The molecule has 2 saturated heterocycles. The number of carbonyl (C=O) groups excluding carboxylic acids is 1. The second-order valence-electron chi connectivity index (χ2n) is 8.42. The number of carbonyl (C=O) groups is 1. The molecule has 2 aliphatic rings. The van der Waals surface area contributed by atoms with Crippen LogP contribution in [0.15, 0.2) is 30.3 Å². The first-order chi connectivity index (χ1) is 14.1. The number of aryl methyl sites for hydroxylation is 2. The summed E-state index contributed by atoms with van der Waals surface area (Å²) in [7, 11) is 0. The predicted octanol–water partition coefficient (Wildman–Crippen LogP) is 2.88. The molecule has 6 nitrogen and oxygen atoms in total. The molecule has 1 aromatic heterocycles. The number of rotatable bonds is 5. The van der Waals surface area contributed by atoms with Gasteiger partial charge in [0.05, 0.1) is 31.5 Å². The number of morpholine rings is 1. The second-order valence-corrected chi connectivity index (χ2v) is 8.42. The van der Waals surface area contributed by atoms with Crippen molar-refractivity contribution in [2.24, 2.45) is 5.92 Å². The van der Waals surface area contributed by atoms with E-state index >= 15 is 0 Å². The number of H-pyrrole nitrogens is 1. The Bertz CT molecular complexity index is 792. The monoisotopic (exact) mass is 396 g/mol. The summed E-state index contributed by atoms with van der Waals surface area (Å²) < 4.78 is 5.74. The van der Waals surface area contributed by atoms with Gasteiger partial charge in [0, 0.05) is 30.9 Å². The molecule has 4 rings (SSSR count). The van der Waals surface area contributed by atoms with E-state index in [1.807, 2.05) is 13.8 Å². The molecule has 0 saturated carbocycles. The Morgan fingerprint density at radius 1 is 1.17 bits per heavy atom. The minimum absolute atomic E-state index is 0.0991. The lowest BCUT2D eigenvalue weighted by Crippen LogP contribution is -2.48. The minimum Gasteiger partial charge on any atom is -0.378 e. The SMILES string of the molecule is Cc1n[nH]c(C)c1C1COCCN1CC(=O)N1CCC(Cc2ccccc2)CC1. The van der Waals surface area contributed by atoms with Crippen molar-refractivity contribution in [3.8, 4) is 0 Å². The average molecular weight is 397 g/mol.